The number of nitrogens with zero attached hydrogens (tertiary/aromatic N) is 3. The summed E-state index contributed by atoms with van der Waals surface area (Å²) in [7, 11) is 1.80. The van der Waals surface area contributed by atoms with E-state index in [0.29, 0.717) is 40.5 Å². The average Bonchev–Trinajstić information content (AvgIpc) is 3.03. The molecule has 24 heavy (non-hydrogen) atoms. The number of hydrogen-bond donors (Lipinski definition) is 2. The molecule has 0 bridgehead atoms. The molecule has 0 atom stereocenters. The van der Waals surface area contributed by atoms with E-state index in [4.69, 9.17) is 10.00 Å². The van der Waals surface area contributed by atoms with Crippen LogP contribution in [0.1, 0.15) is 22.8 Å². The van der Waals surface area contributed by atoms with Gasteiger partial charge in [-0.25, -0.2) is 4.98 Å². The smallest absolute Gasteiger partial charge is 0.392 e. The molecule has 0 radical (unpaired) electrons. The molecule has 0 aliphatic heterocycles. The number of fused-ring (bicyclic) bond motifs is 1. The van der Waals surface area contributed by atoms with Crippen molar-refractivity contribution in [3.05, 3.63) is 47.8 Å². The predicted octanol–water partition coefficient (Wildman–Crippen LogP) is 1.80. The molecule has 0 spiro atoms. The number of hydrogen-bond acceptors (Lipinski definition) is 4. The number of H-pyrrole nitrogens is 1. The van der Waals surface area contributed by atoms with Gasteiger partial charge in [0.2, 0.25) is 5.65 Å². The maximum absolute atomic E-state index is 12.2. The zero-order chi connectivity index (χ0) is 17.1. The molecule has 0 aliphatic carbocycles. The van der Waals surface area contributed by atoms with Gasteiger partial charge < -0.3 is 15.0 Å². The second-order valence-electron chi connectivity index (χ2n) is 5.16. The third kappa shape index (κ3) is 2.77. The van der Waals surface area contributed by atoms with Crippen LogP contribution in [0.15, 0.2) is 36.7 Å². The lowest BCUT2D eigenvalue weighted by Gasteiger charge is -2.04. The van der Waals surface area contributed by atoms with Crippen molar-refractivity contribution in [2.24, 2.45) is 7.05 Å². The van der Waals surface area contributed by atoms with E-state index in [9.17, 15) is 4.79 Å². The molecule has 3 aromatic rings. The lowest BCUT2D eigenvalue weighted by Crippen LogP contribution is -2.34. The highest BCUT2D eigenvalue weighted by atomic mass is 16.5. The Morgan fingerprint density at radius 2 is 2.33 bits per heavy atom. The number of amides is 1. The van der Waals surface area contributed by atoms with Crippen LogP contribution < -0.4 is 14.6 Å². The van der Waals surface area contributed by atoms with E-state index in [1.807, 2.05) is 6.92 Å². The number of aryl methyl sites for hydroxylation is 1. The number of nitrogens with one attached hydrogen (secondary N) is 2. The van der Waals surface area contributed by atoms with Crippen LogP contribution >= 0.6 is 0 Å². The molecule has 0 aliphatic rings. The molecule has 0 saturated heterocycles. The maximum atomic E-state index is 12.2. The summed E-state index contributed by atoms with van der Waals surface area (Å²) in [6.45, 7) is 2.40. The summed E-state index contributed by atoms with van der Waals surface area (Å²) >= 11 is 0. The van der Waals surface area contributed by atoms with Gasteiger partial charge >= 0.3 is 5.88 Å². The predicted molar refractivity (Wildman–Crippen MR) is 86.5 cm³/mol. The quantitative estimate of drug-likeness (QED) is 0.716. The summed E-state index contributed by atoms with van der Waals surface area (Å²) in [6, 6.07) is 8.92. The fraction of sp³-hybridized carbons (Fsp3) is 0.176. The molecule has 1 amide bonds. The van der Waals surface area contributed by atoms with Crippen molar-refractivity contribution in [1.29, 1.82) is 5.26 Å². The normalized spacial score (nSPS) is 10.4. The zero-order valence-corrected chi connectivity index (χ0v) is 13.3. The number of ether oxygens (including phenoxy) is 1. The van der Waals surface area contributed by atoms with E-state index in [-0.39, 0.29) is 5.91 Å². The lowest BCUT2D eigenvalue weighted by atomic mass is 10.2. The van der Waals surface area contributed by atoms with Crippen LogP contribution in [-0.2, 0) is 7.05 Å². The number of rotatable bonds is 4. The van der Waals surface area contributed by atoms with Crippen LogP contribution in [0.3, 0.4) is 0 Å². The number of benzene rings is 1. The summed E-state index contributed by atoms with van der Waals surface area (Å²) in [5, 5.41) is 11.7. The Kier molecular flexibility index (Phi) is 4.12. The van der Waals surface area contributed by atoms with Crippen LogP contribution in [0.4, 0.5) is 0 Å². The highest BCUT2D eigenvalue weighted by molar-refractivity contribution is 6.03. The van der Waals surface area contributed by atoms with Gasteiger partial charge in [0.1, 0.15) is 24.6 Å². The van der Waals surface area contributed by atoms with Crippen molar-refractivity contribution >= 4 is 17.1 Å². The molecule has 2 N–H and O–H groups in total. The Hall–Kier alpha value is -3.40. The SMILES string of the molecule is CCNC(=O)c1c[nH]c2ncc(Oc3cccc(C#N)c3)[n+](C)c12. The van der Waals surface area contributed by atoms with Crippen molar-refractivity contribution in [3.63, 3.8) is 0 Å². The monoisotopic (exact) mass is 322 g/mol. The van der Waals surface area contributed by atoms with Crippen molar-refractivity contribution in [2.75, 3.05) is 6.54 Å². The molecule has 7 nitrogen and oxygen atoms in total. The van der Waals surface area contributed by atoms with Gasteiger partial charge in [0.25, 0.3) is 11.4 Å². The van der Waals surface area contributed by atoms with Crippen molar-refractivity contribution in [2.45, 2.75) is 6.92 Å². The van der Waals surface area contributed by atoms with Gasteiger partial charge in [-0.3, -0.25) is 4.79 Å². The molecule has 2 heterocycles. The van der Waals surface area contributed by atoms with Crippen LogP contribution in [0.2, 0.25) is 0 Å². The number of carbonyl (C=O) groups is 1. The van der Waals surface area contributed by atoms with E-state index in [0.717, 1.165) is 0 Å². The minimum absolute atomic E-state index is 0.176. The van der Waals surface area contributed by atoms with Gasteiger partial charge in [-0.05, 0) is 25.1 Å². The first-order chi connectivity index (χ1) is 11.6. The standard InChI is InChI=1S/C17H15N5O2/c1-3-19-17(23)13-9-20-16-15(13)22(2)14(10-21-16)24-12-6-4-5-11(7-12)8-18/h4-7,9-10H,3H2,1-2H3,(H,19,23)/p+1. The Bertz CT molecular complexity index is 955. The second kappa shape index (κ2) is 6.38. The number of aromatic nitrogens is 3. The molecule has 0 fully saturated rings. The number of carbonyl (C=O) groups excluding carboxylic acids is 1. The molecular weight excluding hydrogens is 306 g/mol. The summed E-state index contributed by atoms with van der Waals surface area (Å²) in [5.74, 6) is 0.813. The number of aromatic amines is 1. The van der Waals surface area contributed by atoms with Crippen molar-refractivity contribution in [1.82, 2.24) is 15.3 Å². The molecule has 1 aromatic carbocycles. The largest absolute Gasteiger partial charge is 0.404 e. The third-order valence-electron chi connectivity index (χ3n) is 3.57. The fourth-order valence-electron chi connectivity index (χ4n) is 2.43. The summed E-state index contributed by atoms with van der Waals surface area (Å²) < 4.78 is 7.58. The van der Waals surface area contributed by atoms with Crippen molar-refractivity contribution in [3.8, 4) is 17.7 Å². The first-order valence-electron chi connectivity index (χ1n) is 7.46. The average molecular weight is 322 g/mol. The molecule has 0 unspecified atom stereocenters. The van der Waals surface area contributed by atoms with Crippen LogP contribution in [0.5, 0.6) is 11.6 Å². The van der Waals surface area contributed by atoms with Crippen LogP contribution in [0.25, 0.3) is 11.2 Å². The lowest BCUT2D eigenvalue weighted by molar-refractivity contribution is -0.650. The summed E-state index contributed by atoms with van der Waals surface area (Å²) in [6.07, 6.45) is 3.20. The Morgan fingerprint density at radius 3 is 3.08 bits per heavy atom. The molecule has 7 heteroatoms. The van der Waals surface area contributed by atoms with Gasteiger partial charge in [0.05, 0.1) is 11.6 Å². The van der Waals surface area contributed by atoms with E-state index < -0.39 is 0 Å². The van der Waals surface area contributed by atoms with Gasteiger partial charge in [-0.15, -0.1) is 0 Å². The van der Waals surface area contributed by atoms with Crippen LogP contribution in [-0.4, -0.2) is 22.4 Å². The number of nitriles is 1. The maximum Gasteiger partial charge on any atom is 0.392 e. The Labute approximate surface area is 138 Å². The van der Waals surface area contributed by atoms with Crippen LogP contribution in [0, 0.1) is 11.3 Å². The van der Waals surface area contributed by atoms with Gasteiger partial charge in [-0.2, -0.15) is 9.83 Å². The molecule has 120 valence electrons. The highest BCUT2D eigenvalue weighted by Gasteiger charge is 2.24. The molecule has 3 rings (SSSR count). The van der Waals surface area contributed by atoms with E-state index in [2.05, 4.69) is 21.4 Å². The summed E-state index contributed by atoms with van der Waals surface area (Å²) in [4.78, 5) is 19.5. The third-order valence-corrected chi connectivity index (χ3v) is 3.57. The highest BCUT2D eigenvalue weighted by Crippen LogP contribution is 2.21. The van der Waals surface area contributed by atoms with E-state index in [1.165, 1.54) is 0 Å². The van der Waals surface area contributed by atoms with Gasteiger partial charge in [0, 0.05) is 12.7 Å². The topological polar surface area (TPSA) is 94.7 Å². The minimum atomic E-state index is -0.176. The molecular formula is C17H16N5O2+. The second-order valence-corrected chi connectivity index (χ2v) is 5.16. The molecule has 0 saturated carbocycles. The van der Waals surface area contributed by atoms with Gasteiger partial charge in [0.15, 0.2) is 0 Å². The Morgan fingerprint density at radius 1 is 1.50 bits per heavy atom. The van der Waals surface area contributed by atoms with Crippen molar-refractivity contribution < 1.29 is 14.1 Å². The summed E-state index contributed by atoms with van der Waals surface area (Å²) in [5.41, 5.74) is 2.25. The molecule has 2 aromatic heterocycles. The van der Waals surface area contributed by atoms with E-state index in [1.54, 1.807) is 48.3 Å². The minimum Gasteiger partial charge on any atom is -0.404 e. The van der Waals surface area contributed by atoms with Gasteiger partial charge in [-0.1, -0.05) is 6.07 Å². The first kappa shape index (κ1) is 15.5. The first-order valence-corrected chi connectivity index (χ1v) is 7.46. The fourth-order valence-corrected chi connectivity index (χ4v) is 2.43. The Balaban J connectivity index is 2.03. The zero-order valence-electron chi connectivity index (χ0n) is 13.3. The van der Waals surface area contributed by atoms with E-state index >= 15 is 0 Å².